The summed E-state index contributed by atoms with van der Waals surface area (Å²) >= 11 is 0. The molecule has 1 saturated carbocycles. The van der Waals surface area contributed by atoms with Crippen molar-refractivity contribution in [2.24, 2.45) is 5.92 Å². The highest BCUT2D eigenvalue weighted by Crippen LogP contribution is 2.26. The number of carbonyl (C=O) groups excluding carboxylic acids is 3. The Kier molecular flexibility index (Phi) is 8.37. The standard InChI is InChI=1S/C19H35N3O4/c1-7-22(12-16(23)20-13(2)3)17(24)14-10-8-9-11-15(14)21-18(25)26-19(4,5)6/h13-15H,7-12H2,1-6H3,(H,20,23)(H,21,25). The van der Waals surface area contributed by atoms with Gasteiger partial charge in [-0.2, -0.15) is 0 Å². The molecule has 150 valence electrons. The monoisotopic (exact) mass is 369 g/mol. The van der Waals surface area contributed by atoms with E-state index in [2.05, 4.69) is 10.6 Å². The number of likely N-dealkylation sites (N-methyl/N-ethyl adjacent to an activating group) is 1. The predicted octanol–water partition coefficient (Wildman–Crippen LogP) is 2.44. The van der Waals surface area contributed by atoms with Crippen LogP contribution < -0.4 is 10.6 Å². The maximum Gasteiger partial charge on any atom is 0.407 e. The van der Waals surface area contributed by atoms with Gasteiger partial charge in [-0.1, -0.05) is 12.8 Å². The lowest BCUT2D eigenvalue weighted by Gasteiger charge is -2.35. The molecule has 0 radical (unpaired) electrons. The summed E-state index contributed by atoms with van der Waals surface area (Å²) in [6.07, 6.45) is 2.86. The number of amides is 3. The number of alkyl carbamates (subject to hydrolysis) is 1. The van der Waals surface area contributed by atoms with E-state index in [0.717, 1.165) is 19.3 Å². The van der Waals surface area contributed by atoms with Crippen molar-refractivity contribution >= 4 is 17.9 Å². The number of nitrogens with one attached hydrogen (secondary N) is 2. The van der Waals surface area contributed by atoms with Crippen LogP contribution in [0.2, 0.25) is 0 Å². The van der Waals surface area contributed by atoms with Gasteiger partial charge in [-0.15, -0.1) is 0 Å². The molecule has 1 aliphatic carbocycles. The molecule has 0 aromatic rings. The minimum Gasteiger partial charge on any atom is -0.444 e. The third-order valence-electron chi connectivity index (χ3n) is 4.26. The van der Waals surface area contributed by atoms with E-state index in [-0.39, 0.29) is 36.4 Å². The summed E-state index contributed by atoms with van der Waals surface area (Å²) in [5.74, 6) is -0.558. The van der Waals surface area contributed by atoms with Crippen LogP contribution in [0.5, 0.6) is 0 Å². The van der Waals surface area contributed by atoms with Crippen LogP contribution in [-0.4, -0.2) is 53.6 Å². The zero-order chi connectivity index (χ0) is 19.9. The minimum absolute atomic E-state index is 0.0348. The number of hydrogen-bond donors (Lipinski definition) is 2. The van der Waals surface area contributed by atoms with Gasteiger partial charge in [0.25, 0.3) is 0 Å². The normalized spacial score (nSPS) is 20.4. The molecule has 0 bridgehead atoms. The van der Waals surface area contributed by atoms with Crippen molar-refractivity contribution in [3.05, 3.63) is 0 Å². The summed E-state index contributed by atoms with van der Waals surface area (Å²) in [6.45, 7) is 11.6. The summed E-state index contributed by atoms with van der Waals surface area (Å²) in [5.41, 5.74) is -0.581. The van der Waals surface area contributed by atoms with Crippen molar-refractivity contribution in [1.29, 1.82) is 0 Å². The Morgan fingerprint density at radius 3 is 2.31 bits per heavy atom. The first-order valence-corrected chi connectivity index (χ1v) is 9.61. The van der Waals surface area contributed by atoms with E-state index in [4.69, 9.17) is 4.74 Å². The van der Waals surface area contributed by atoms with Crippen LogP contribution in [-0.2, 0) is 14.3 Å². The lowest BCUT2D eigenvalue weighted by molar-refractivity contribution is -0.141. The van der Waals surface area contributed by atoms with Gasteiger partial charge in [0.2, 0.25) is 11.8 Å². The fourth-order valence-corrected chi connectivity index (χ4v) is 3.18. The van der Waals surface area contributed by atoms with Crippen molar-refractivity contribution in [2.75, 3.05) is 13.1 Å². The zero-order valence-electron chi connectivity index (χ0n) is 17.1. The van der Waals surface area contributed by atoms with Crippen molar-refractivity contribution in [3.63, 3.8) is 0 Å². The second kappa shape index (κ2) is 9.78. The number of carbonyl (C=O) groups is 3. The van der Waals surface area contributed by atoms with Crippen molar-refractivity contribution in [2.45, 2.75) is 84.9 Å². The Morgan fingerprint density at radius 2 is 1.77 bits per heavy atom. The molecule has 7 nitrogen and oxygen atoms in total. The van der Waals surface area contributed by atoms with Gasteiger partial charge >= 0.3 is 6.09 Å². The van der Waals surface area contributed by atoms with Gasteiger partial charge in [0, 0.05) is 18.6 Å². The quantitative estimate of drug-likeness (QED) is 0.753. The Hall–Kier alpha value is -1.79. The second-order valence-corrected chi connectivity index (χ2v) is 8.22. The van der Waals surface area contributed by atoms with Crippen molar-refractivity contribution < 1.29 is 19.1 Å². The van der Waals surface area contributed by atoms with E-state index in [0.29, 0.717) is 13.0 Å². The van der Waals surface area contributed by atoms with Crippen LogP contribution in [0.4, 0.5) is 4.79 Å². The molecule has 2 atom stereocenters. The van der Waals surface area contributed by atoms with Crippen molar-refractivity contribution in [3.8, 4) is 0 Å². The van der Waals surface area contributed by atoms with Crippen LogP contribution in [0.25, 0.3) is 0 Å². The van der Waals surface area contributed by atoms with Crippen LogP contribution in [0.1, 0.15) is 67.2 Å². The van der Waals surface area contributed by atoms with E-state index in [1.807, 2.05) is 41.5 Å². The Morgan fingerprint density at radius 1 is 1.15 bits per heavy atom. The molecule has 2 N–H and O–H groups in total. The third kappa shape index (κ3) is 7.62. The highest BCUT2D eigenvalue weighted by Gasteiger charge is 2.35. The molecule has 2 unspecified atom stereocenters. The minimum atomic E-state index is -0.581. The Labute approximate surface area is 157 Å². The van der Waals surface area contributed by atoms with Gasteiger partial charge in [-0.05, 0) is 54.4 Å². The van der Waals surface area contributed by atoms with Gasteiger partial charge in [-0.3, -0.25) is 9.59 Å². The van der Waals surface area contributed by atoms with Gasteiger partial charge in [0.1, 0.15) is 5.60 Å². The zero-order valence-corrected chi connectivity index (χ0v) is 17.1. The molecule has 7 heteroatoms. The SMILES string of the molecule is CCN(CC(=O)NC(C)C)C(=O)C1CCCCC1NC(=O)OC(C)(C)C. The molecule has 0 heterocycles. The molecule has 1 aliphatic rings. The highest BCUT2D eigenvalue weighted by atomic mass is 16.6. The summed E-state index contributed by atoms with van der Waals surface area (Å²) in [5, 5.41) is 5.67. The fourth-order valence-electron chi connectivity index (χ4n) is 3.18. The van der Waals surface area contributed by atoms with E-state index in [9.17, 15) is 14.4 Å². The first-order chi connectivity index (χ1) is 12.0. The summed E-state index contributed by atoms with van der Waals surface area (Å²) in [7, 11) is 0. The number of hydrogen-bond acceptors (Lipinski definition) is 4. The Balaban J connectivity index is 2.75. The lowest BCUT2D eigenvalue weighted by atomic mass is 9.83. The maximum atomic E-state index is 13.0. The van der Waals surface area contributed by atoms with Gasteiger partial charge in [-0.25, -0.2) is 4.79 Å². The van der Waals surface area contributed by atoms with E-state index < -0.39 is 11.7 Å². The van der Waals surface area contributed by atoms with Crippen molar-refractivity contribution in [1.82, 2.24) is 15.5 Å². The smallest absolute Gasteiger partial charge is 0.407 e. The fraction of sp³-hybridized carbons (Fsp3) is 0.842. The lowest BCUT2D eigenvalue weighted by Crippen LogP contribution is -2.52. The summed E-state index contributed by atoms with van der Waals surface area (Å²) < 4.78 is 5.32. The molecule has 1 fully saturated rings. The van der Waals surface area contributed by atoms with E-state index in [1.165, 1.54) is 0 Å². The maximum absolute atomic E-state index is 13.0. The predicted molar refractivity (Wildman–Crippen MR) is 101 cm³/mol. The van der Waals surface area contributed by atoms with Crippen LogP contribution >= 0.6 is 0 Å². The van der Waals surface area contributed by atoms with Crippen LogP contribution in [0.15, 0.2) is 0 Å². The molecule has 0 aliphatic heterocycles. The molecular formula is C19H35N3O4. The number of rotatable bonds is 6. The van der Waals surface area contributed by atoms with Crippen LogP contribution in [0.3, 0.4) is 0 Å². The molecule has 0 saturated heterocycles. The first-order valence-electron chi connectivity index (χ1n) is 9.61. The van der Waals surface area contributed by atoms with Gasteiger partial charge in [0.15, 0.2) is 0 Å². The molecule has 0 aromatic heterocycles. The second-order valence-electron chi connectivity index (χ2n) is 8.22. The largest absolute Gasteiger partial charge is 0.444 e. The third-order valence-corrected chi connectivity index (χ3v) is 4.26. The molecule has 0 aromatic carbocycles. The molecule has 3 amide bonds. The number of nitrogens with zero attached hydrogens (tertiary/aromatic N) is 1. The number of ether oxygens (including phenoxy) is 1. The summed E-state index contributed by atoms with van der Waals surface area (Å²) in [4.78, 5) is 38.7. The molecule has 26 heavy (non-hydrogen) atoms. The highest BCUT2D eigenvalue weighted by molar-refractivity contribution is 5.86. The molecule has 0 spiro atoms. The van der Waals surface area contributed by atoms with E-state index in [1.54, 1.807) is 4.90 Å². The van der Waals surface area contributed by atoms with Gasteiger partial charge < -0.3 is 20.3 Å². The summed E-state index contributed by atoms with van der Waals surface area (Å²) in [6, 6.07) is -0.221. The van der Waals surface area contributed by atoms with Crippen LogP contribution in [0, 0.1) is 5.92 Å². The Bertz CT molecular complexity index is 500. The average molecular weight is 370 g/mol. The molecule has 1 rings (SSSR count). The first kappa shape index (κ1) is 22.3. The topological polar surface area (TPSA) is 87.7 Å². The average Bonchev–Trinajstić information content (AvgIpc) is 2.50. The van der Waals surface area contributed by atoms with E-state index >= 15 is 0 Å². The molecular weight excluding hydrogens is 334 g/mol. The van der Waals surface area contributed by atoms with Gasteiger partial charge in [0.05, 0.1) is 12.5 Å².